The maximum absolute atomic E-state index is 11.0. The number of aryl methyl sites for hydroxylation is 1. The number of oxazole rings is 1. The number of nitrogens with zero attached hydrogens (tertiary/aromatic N) is 4. The van der Waals surface area contributed by atoms with Crippen molar-refractivity contribution in [3.63, 3.8) is 0 Å². The number of hydrogen-bond donors (Lipinski definition) is 2. The van der Waals surface area contributed by atoms with Crippen LogP contribution in [-0.2, 0) is 17.9 Å². The van der Waals surface area contributed by atoms with Crippen LogP contribution in [0.3, 0.4) is 0 Å². The zero-order valence-electron chi connectivity index (χ0n) is 9.96. The molecule has 0 spiro atoms. The molecule has 2 rings (SSSR count). The second-order valence-electron chi connectivity index (χ2n) is 3.74. The Bertz CT molecular complexity index is 532. The molecule has 0 bridgehead atoms. The second-order valence-corrected chi connectivity index (χ2v) is 3.74. The molecule has 2 aromatic rings. The molecule has 0 unspecified atom stereocenters. The molecule has 0 aromatic carbocycles. The lowest BCUT2D eigenvalue weighted by molar-refractivity contribution is -0.119. The molecule has 0 atom stereocenters. The quantitative estimate of drug-likeness (QED) is 0.718. The van der Waals surface area contributed by atoms with E-state index in [2.05, 4.69) is 20.6 Å². The minimum absolute atomic E-state index is 0.0354. The summed E-state index contributed by atoms with van der Waals surface area (Å²) in [5, 5.41) is 10.5. The number of amides is 1. The van der Waals surface area contributed by atoms with Crippen LogP contribution in [0.5, 0.6) is 0 Å². The molecule has 0 fully saturated rings. The van der Waals surface area contributed by atoms with Gasteiger partial charge >= 0.3 is 0 Å². The first-order chi connectivity index (χ1) is 8.69. The lowest BCUT2D eigenvalue weighted by atomic mass is 10.3. The summed E-state index contributed by atoms with van der Waals surface area (Å²) in [7, 11) is 0. The molecule has 0 aliphatic carbocycles. The molecule has 96 valence electrons. The van der Waals surface area contributed by atoms with Crippen LogP contribution < -0.4 is 11.1 Å². The molecule has 2 aromatic heterocycles. The first kappa shape index (κ1) is 12.2. The molecule has 0 aliphatic heterocycles. The van der Waals surface area contributed by atoms with Gasteiger partial charge in [0, 0.05) is 0 Å². The van der Waals surface area contributed by atoms with Crippen molar-refractivity contribution in [2.24, 2.45) is 5.73 Å². The number of nitrogens with two attached hydrogens (primary N) is 1. The van der Waals surface area contributed by atoms with E-state index in [0.29, 0.717) is 18.8 Å². The Morgan fingerprint density at radius 1 is 1.61 bits per heavy atom. The van der Waals surface area contributed by atoms with Crippen LogP contribution in [0.25, 0.3) is 0 Å². The van der Waals surface area contributed by atoms with Crippen LogP contribution in [0.4, 0.5) is 0 Å². The molecule has 0 aliphatic rings. The maximum atomic E-state index is 11.0. The second kappa shape index (κ2) is 5.41. The predicted octanol–water partition coefficient (Wildman–Crippen LogP) is -0.802. The Morgan fingerprint density at radius 3 is 3.11 bits per heavy atom. The Kier molecular flexibility index (Phi) is 3.68. The number of nitrogens with one attached hydrogen (secondary N) is 1. The van der Waals surface area contributed by atoms with Gasteiger partial charge < -0.3 is 15.5 Å². The normalized spacial score (nSPS) is 10.6. The van der Waals surface area contributed by atoms with Crippen molar-refractivity contribution in [3.05, 3.63) is 29.7 Å². The van der Waals surface area contributed by atoms with E-state index in [-0.39, 0.29) is 12.5 Å². The summed E-state index contributed by atoms with van der Waals surface area (Å²) in [6, 6.07) is 0. The third kappa shape index (κ3) is 2.92. The number of aromatic nitrogens is 4. The summed E-state index contributed by atoms with van der Waals surface area (Å²) in [5.41, 5.74) is 6.64. The van der Waals surface area contributed by atoms with Gasteiger partial charge in [-0.3, -0.25) is 4.79 Å². The fraction of sp³-hybridized carbons (Fsp3) is 0.400. The van der Waals surface area contributed by atoms with Gasteiger partial charge in [0.2, 0.25) is 5.91 Å². The monoisotopic (exact) mass is 250 g/mol. The fourth-order valence-corrected chi connectivity index (χ4v) is 1.39. The topological polar surface area (TPSA) is 112 Å². The summed E-state index contributed by atoms with van der Waals surface area (Å²) in [5.74, 6) is 0.528. The Hall–Kier alpha value is -2.22. The summed E-state index contributed by atoms with van der Waals surface area (Å²) < 4.78 is 6.73. The van der Waals surface area contributed by atoms with Gasteiger partial charge in [0.05, 0.1) is 25.8 Å². The lowest BCUT2D eigenvalue weighted by Gasteiger charge is -1.98. The van der Waals surface area contributed by atoms with Crippen LogP contribution in [0.2, 0.25) is 0 Å². The molecule has 0 radical (unpaired) electrons. The molecular formula is C10H14N6O2. The summed E-state index contributed by atoms with van der Waals surface area (Å²) in [6.45, 7) is 2.60. The minimum atomic E-state index is -0.225. The molecule has 2 heterocycles. The summed E-state index contributed by atoms with van der Waals surface area (Å²) in [4.78, 5) is 15.0. The SMILES string of the molecule is Cc1ocnc1Cn1cc(CNC(=O)CN)nn1. The van der Waals surface area contributed by atoms with Crippen LogP contribution in [0.15, 0.2) is 17.0 Å². The average molecular weight is 250 g/mol. The fourth-order valence-electron chi connectivity index (χ4n) is 1.39. The molecule has 3 N–H and O–H groups in total. The first-order valence-electron chi connectivity index (χ1n) is 5.43. The Labute approximate surface area is 103 Å². The number of hydrogen-bond acceptors (Lipinski definition) is 6. The van der Waals surface area contributed by atoms with E-state index in [9.17, 15) is 4.79 Å². The van der Waals surface area contributed by atoms with E-state index in [0.717, 1.165) is 11.5 Å². The van der Waals surface area contributed by atoms with Crippen molar-refractivity contribution in [1.29, 1.82) is 0 Å². The highest BCUT2D eigenvalue weighted by molar-refractivity contribution is 5.77. The standard InChI is InChI=1S/C10H14N6O2/c1-7-9(13-6-18-7)5-16-4-8(14-15-16)3-12-10(17)2-11/h4,6H,2-3,5,11H2,1H3,(H,12,17). The van der Waals surface area contributed by atoms with E-state index in [4.69, 9.17) is 10.2 Å². The first-order valence-corrected chi connectivity index (χ1v) is 5.43. The van der Waals surface area contributed by atoms with E-state index in [1.165, 1.54) is 6.39 Å². The molecule has 8 heteroatoms. The van der Waals surface area contributed by atoms with E-state index in [1.54, 1.807) is 10.9 Å². The van der Waals surface area contributed by atoms with E-state index < -0.39 is 0 Å². The van der Waals surface area contributed by atoms with Gasteiger partial charge in [0.25, 0.3) is 0 Å². The van der Waals surface area contributed by atoms with Crippen molar-refractivity contribution in [2.75, 3.05) is 6.54 Å². The van der Waals surface area contributed by atoms with Crippen molar-refractivity contribution in [1.82, 2.24) is 25.3 Å². The van der Waals surface area contributed by atoms with Gasteiger partial charge in [-0.15, -0.1) is 5.10 Å². The smallest absolute Gasteiger partial charge is 0.234 e. The van der Waals surface area contributed by atoms with Gasteiger partial charge in [0.1, 0.15) is 17.1 Å². The van der Waals surface area contributed by atoms with Crippen molar-refractivity contribution in [3.8, 4) is 0 Å². The van der Waals surface area contributed by atoms with E-state index >= 15 is 0 Å². The zero-order chi connectivity index (χ0) is 13.0. The highest BCUT2D eigenvalue weighted by Gasteiger charge is 2.07. The van der Waals surface area contributed by atoms with Gasteiger partial charge in [-0.2, -0.15) is 0 Å². The van der Waals surface area contributed by atoms with E-state index in [1.807, 2.05) is 6.92 Å². The molecule has 18 heavy (non-hydrogen) atoms. The number of carbonyl (C=O) groups excluding carboxylic acids is 1. The third-order valence-corrected chi connectivity index (χ3v) is 2.39. The van der Waals surface area contributed by atoms with Gasteiger partial charge in [-0.05, 0) is 6.92 Å². The van der Waals surface area contributed by atoms with Crippen LogP contribution >= 0.6 is 0 Å². The molecule has 1 amide bonds. The zero-order valence-corrected chi connectivity index (χ0v) is 9.96. The van der Waals surface area contributed by atoms with Gasteiger partial charge in [0.15, 0.2) is 6.39 Å². The van der Waals surface area contributed by atoms with Crippen LogP contribution in [0.1, 0.15) is 17.1 Å². The lowest BCUT2D eigenvalue weighted by Crippen LogP contribution is -2.29. The predicted molar refractivity (Wildman–Crippen MR) is 61.3 cm³/mol. The Balaban J connectivity index is 1.94. The molecule has 0 saturated carbocycles. The van der Waals surface area contributed by atoms with Crippen molar-refractivity contribution in [2.45, 2.75) is 20.0 Å². The third-order valence-electron chi connectivity index (χ3n) is 2.39. The van der Waals surface area contributed by atoms with Crippen LogP contribution in [-0.4, -0.2) is 32.4 Å². The van der Waals surface area contributed by atoms with Crippen LogP contribution in [0, 0.1) is 6.92 Å². The van der Waals surface area contributed by atoms with Crippen molar-refractivity contribution >= 4 is 5.91 Å². The highest BCUT2D eigenvalue weighted by Crippen LogP contribution is 2.06. The molecular weight excluding hydrogens is 236 g/mol. The number of rotatable bonds is 5. The number of carbonyl (C=O) groups is 1. The highest BCUT2D eigenvalue weighted by atomic mass is 16.3. The molecule has 0 saturated heterocycles. The maximum Gasteiger partial charge on any atom is 0.234 e. The Morgan fingerprint density at radius 2 is 2.44 bits per heavy atom. The van der Waals surface area contributed by atoms with Gasteiger partial charge in [-0.25, -0.2) is 9.67 Å². The molecule has 8 nitrogen and oxygen atoms in total. The summed E-state index contributed by atoms with van der Waals surface area (Å²) in [6.07, 6.45) is 3.13. The van der Waals surface area contributed by atoms with Crippen molar-refractivity contribution < 1.29 is 9.21 Å². The largest absolute Gasteiger partial charge is 0.448 e. The average Bonchev–Trinajstić information content (AvgIpc) is 2.97. The van der Waals surface area contributed by atoms with Gasteiger partial charge in [-0.1, -0.05) is 5.21 Å². The minimum Gasteiger partial charge on any atom is -0.448 e. The summed E-state index contributed by atoms with van der Waals surface area (Å²) >= 11 is 0.